The Morgan fingerprint density at radius 1 is 1.15 bits per heavy atom. The van der Waals surface area contributed by atoms with Crippen LogP contribution in [-0.4, -0.2) is 23.6 Å². The number of halogens is 2. The summed E-state index contributed by atoms with van der Waals surface area (Å²) < 4.78 is 23.1. The Morgan fingerprint density at radius 2 is 1.95 bits per heavy atom. The molecule has 0 unspecified atom stereocenters. The lowest BCUT2D eigenvalue weighted by atomic mass is 10.1. The van der Waals surface area contributed by atoms with Crippen molar-refractivity contribution in [3.63, 3.8) is 0 Å². The Bertz CT molecular complexity index is 892. The predicted octanol–water partition coefficient (Wildman–Crippen LogP) is 3.21. The quantitative estimate of drug-likeness (QED) is 0.733. The average Bonchev–Trinajstić information content (AvgIpc) is 2.83. The fourth-order valence-electron chi connectivity index (χ4n) is 2.07. The molecule has 0 amide bonds. The average molecular weight is 328 g/mol. The third kappa shape index (κ3) is 2.15. The second kappa shape index (κ2) is 4.73. The van der Waals surface area contributed by atoms with E-state index in [-0.39, 0.29) is 4.90 Å². The second-order valence-electron chi connectivity index (χ2n) is 4.07. The van der Waals surface area contributed by atoms with Crippen LogP contribution in [0.4, 0.5) is 0 Å². The van der Waals surface area contributed by atoms with E-state index in [0.717, 1.165) is 5.56 Å². The Morgan fingerprint density at radius 3 is 2.60 bits per heavy atom. The van der Waals surface area contributed by atoms with Crippen LogP contribution in [0.2, 0.25) is 5.02 Å². The van der Waals surface area contributed by atoms with Crippen molar-refractivity contribution in [1.29, 1.82) is 0 Å². The highest BCUT2D eigenvalue weighted by molar-refractivity contribution is 8.14. The molecule has 3 aromatic rings. The molecule has 0 aliphatic carbocycles. The number of H-pyrrole nitrogens is 1. The molecule has 20 heavy (non-hydrogen) atoms. The first-order valence-corrected chi connectivity index (χ1v) is 8.18. The summed E-state index contributed by atoms with van der Waals surface area (Å²) >= 11 is 6.21. The van der Waals surface area contributed by atoms with Crippen molar-refractivity contribution < 1.29 is 8.42 Å². The van der Waals surface area contributed by atoms with Gasteiger partial charge in [0.25, 0.3) is 9.05 Å². The number of aromatic nitrogens is 3. The maximum Gasteiger partial charge on any atom is 0.263 e. The van der Waals surface area contributed by atoms with Gasteiger partial charge in [0.2, 0.25) is 0 Å². The van der Waals surface area contributed by atoms with E-state index in [1.54, 1.807) is 24.4 Å². The zero-order valence-electron chi connectivity index (χ0n) is 9.84. The van der Waals surface area contributed by atoms with E-state index in [0.29, 0.717) is 21.5 Å². The summed E-state index contributed by atoms with van der Waals surface area (Å²) in [4.78, 5) is 2.93. The van der Waals surface area contributed by atoms with E-state index in [1.807, 2.05) is 0 Å². The molecule has 0 aliphatic heterocycles. The molecule has 0 radical (unpaired) electrons. The van der Waals surface area contributed by atoms with E-state index in [9.17, 15) is 8.42 Å². The molecule has 0 saturated heterocycles. The lowest BCUT2D eigenvalue weighted by Crippen LogP contribution is -1.89. The third-order valence-electron chi connectivity index (χ3n) is 2.90. The number of hydrogen-bond acceptors (Lipinski definition) is 4. The van der Waals surface area contributed by atoms with Gasteiger partial charge in [-0.25, -0.2) is 8.42 Å². The van der Waals surface area contributed by atoms with Crippen LogP contribution in [0.5, 0.6) is 0 Å². The molecule has 2 heterocycles. The number of fused-ring (bicyclic) bond motifs is 1. The summed E-state index contributed by atoms with van der Waals surface area (Å²) in [7, 11) is 1.59. The SMILES string of the molecule is O=S(=O)(Cl)c1c[nH]c2c(-c3ccnnc3)c(Cl)ccc12. The molecule has 102 valence electrons. The van der Waals surface area contributed by atoms with Crippen molar-refractivity contribution in [3.05, 3.63) is 41.8 Å². The number of aromatic amines is 1. The van der Waals surface area contributed by atoms with Gasteiger partial charge in [0.15, 0.2) is 0 Å². The molecule has 2 aromatic heterocycles. The maximum absolute atomic E-state index is 11.5. The number of nitrogens with zero attached hydrogens (tertiary/aromatic N) is 2. The summed E-state index contributed by atoms with van der Waals surface area (Å²) in [6.45, 7) is 0. The molecule has 8 heteroatoms. The highest BCUT2D eigenvalue weighted by Crippen LogP contribution is 2.37. The highest BCUT2D eigenvalue weighted by Gasteiger charge is 2.19. The minimum atomic E-state index is -3.83. The van der Waals surface area contributed by atoms with Gasteiger partial charge in [-0.15, -0.1) is 0 Å². The Labute approximate surface area is 124 Å². The van der Waals surface area contributed by atoms with Crippen molar-refractivity contribution in [3.8, 4) is 11.1 Å². The number of hydrogen-bond donors (Lipinski definition) is 1. The summed E-state index contributed by atoms with van der Waals surface area (Å²) in [5, 5.41) is 8.46. The largest absolute Gasteiger partial charge is 0.359 e. The van der Waals surface area contributed by atoms with Gasteiger partial charge in [-0.05, 0) is 18.2 Å². The number of benzene rings is 1. The van der Waals surface area contributed by atoms with Gasteiger partial charge in [-0.3, -0.25) is 0 Å². The molecule has 1 aromatic carbocycles. The minimum Gasteiger partial charge on any atom is -0.359 e. The Balaban J connectivity index is 2.39. The predicted molar refractivity (Wildman–Crippen MR) is 77.4 cm³/mol. The first-order chi connectivity index (χ1) is 9.48. The standard InChI is InChI=1S/C12H7Cl2N3O2S/c13-9-2-1-8-10(20(14,18)19)6-15-12(8)11(9)7-3-4-16-17-5-7/h1-6,15H. The summed E-state index contributed by atoms with van der Waals surface area (Å²) in [5.41, 5.74) is 1.98. The first kappa shape index (κ1) is 13.4. The van der Waals surface area contributed by atoms with Crippen LogP contribution in [0, 0.1) is 0 Å². The minimum absolute atomic E-state index is 0.0223. The highest BCUT2D eigenvalue weighted by atomic mass is 35.7. The van der Waals surface area contributed by atoms with Crippen LogP contribution in [0.1, 0.15) is 0 Å². The van der Waals surface area contributed by atoms with Crippen molar-refractivity contribution >= 4 is 42.2 Å². The van der Waals surface area contributed by atoms with Crippen LogP contribution >= 0.6 is 22.3 Å². The number of rotatable bonds is 2. The van der Waals surface area contributed by atoms with Gasteiger partial charge in [0.05, 0.1) is 22.9 Å². The molecule has 0 aliphatic rings. The zero-order valence-corrected chi connectivity index (χ0v) is 12.2. The zero-order chi connectivity index (χ0) is 14.3. The number of nitrogens with one attached hydrogen (secondary N) is 1. The molecule has 5 nitrogen and oxygen atoms in total. The van der Waals surface area contributed by atoms with E-state index in [2.05, 4.69) is 15.2 Å². The fraction of sp³-hybridized carbons (Fsp3) is 0. The van der Waals surface area contributed by atoms with E-state index in [4.69, 9.17) is 22.3 Å². The van der Waals surface area contributed by atoms with Gasteiger partial charge in [0, 0.05) is 33.4 Å². The van der Waals surface area contributed by atoms with Crippen LogP contribution < -0.4 is 0 Å². The summed E-state index contributed by atoms with van der Waals surface area (Å²) in [6, 6.07) is 4.98. The molecule has 1 N–H and O–H groups in total. The Kier molecular flexibility index (Phi) is 3.16. The molecule has 0 spiro atoms. The van der Waals surface area contributed by atoms with Gasteiger partial charge < -0.3 is 4.98 Å². The van der Waals surface area contributed by atoms with Crippen molar-refractivity contribution in [2.24, 2.45) is 0 Å². The van der Waals surface area contributed by atoms with E-state index in [1.165, 1.54) is 12.4 Å². The lowest BCUT2D eigenvalue weighted by molar-refractivity contribution is 0.610. The van der Waals surface area contributed by atoms with Gasteiger partial charge in [-0.1, -0.05) is 11.6 Å². The molecule has 0 atom stereocenters. The monoisotopic (exact) mass is 327 g/mol. The van der Waals surface area contributed by atoms with Crippen LogP contribution in [-0.2, 0) is 9.05 Å². The molecule has 0 saturated carbocycles. The Hall–Kier alpha value is -1.63. The smallest absolute Gasteiger partial charge is 0.263 e. The van der Waals surface area contributed by atoms with Crippen LogP contribution in [0.3, 0.4) is 0 Å². The molecular formula is C12H7Cl2N3O2S. The molecule has 0 bridgehead atoms. The summed E-state index contributed by atoms with van der Waals surface area (Å²) in [5.74, 6) is 0. The third-order valence-corrected chi connectivity index (χ3v) is 4.58. The van der Waals surface area contributed by atoms with E-state index < -0.39 is 9.05 Å². The first-order valence-electron chi connectivity index (χ1n) is 5.50. The van der Waals surface area contributed by atoms with Crippen LogP contribution in [0.25, 0.3) is 22.0 Å². The van der Waals surface area contributed by atoms with Crippen molar-refractivity contribution in [2.45, 2.75) is 4.90 Å². The fourth-order valence-corrected chi connectivity index (χ4v) is 3.35. The normalized spacial score (nSPS) is 11.9. The molecule has 3 rings (SSSR count). The second-order valence-corrected chi connectivity index (χ2v) is 7.01. The van der Waals surface area contributed by atoms with Crippen molar-refractivity contribution in [2.75, 3.05) is 0 Å². The van der Waals surface area contributed by atoms with Gasteiger partial charge in [-0.2, -0.15) is 10.2 Å². The molecule has 0 fully saturated rings. The molecular weight excluding hydrogens is 321 g/mol. The van der Waals surface area contributed by atoms with Gasteiger partial charge in [0.1, 0.15) is 4.90 Å². The van der Waals surface area contributed by atoms with Crippen LogP contribution in [0.15, 0.2) is 41.7 Å². The van der Waals surface area contributed by atoms with Gasteiger partial charge >= 0.3 is 0 Å². The van der Waals surface area contributed by atoms with Crippen molar-refractivity contribution in [1.82, 2.24) is 15.2 Å². The maximum atomic E-state index is 11.5. The topological polar surface area (TPSA) is 75.7 Å². The summed E-state index contributed by atoms with van der Waals surface area (Å²) in [6.07, 6.45) is 4.43. The van der Waals surface area contributed by atoms with E-state index >= 15 is 0 Å². The lowest BCUT2D eigenvalue weighted by Gasteiger charge is -2.06.